The first-order valence-electron chi connectivity index (χ1n) is 10.3. The SMILES string of the molecule is CN=C(NCC1CCN(S(C)(=O)=O)C1)N1CCCC2(CCCCCC2)C1. The van der Waals surface area contributed by atoms with E-state index in [0.717, 1.165) is 32.0 Å². The normalized spacial score (nSPS) is 28.3. The van der Waals surface area contributed by atoms with Gasteiger partial charge in [0.05, 0.1) is 6.26 Å². The van der Waals surface area contributed by atoms with Crippen LogP contribution in [0.1, 0.15) is 57.8 Å². The summed E-state index contributed by atoms with van der Waals surface area (Å²) in [6.45, 7) is 4.31. The fourth-order valence-corrected chi connectivity index (χ4v) is 6.03. The van der Waals surface area contributed by atoms with Crippen LogP contribution in [-0.2, 0) is 10.0 Å². The second-order valence-electron chi connectivity index (χ2n) is 8.64. The van der Waals surface area contributed by atoms with Crippen molar-refractivity contribution in [3.8, 4) is 0 Å². The van der Waals surface area contributed by atoms with Crippen molar-refractivity contribution in [2.45, 2.75) is 57.8 Å². The Morgan fingerprint density at radius 3 is 2.42 bits per heavy atom. The maximum Gasteiger partial charge on any atom is 0.211 e. The molecular formula is C19H36N4O2S. The molecule has 0 radical (unpaired) electrons. The lowest BCUT2D eigenvalue weighted by Gasteiger charge is -2.44. The molecule has 2 heterocycles. The number of nitrogens with zero attached hydrogens (tertiary/aromatic N) is 3. The number of guanidine groups is 1. The summed E-state index contributed by atoms with van der Waals surface area (Å²) < 4.78 is 25.0. The highest BCUT2D eigenvalue weighted by atomic mass is 32.2. The standard InChI is InChI=1S/C19H36N4O2S/c1-20-18(21-14-17-8-13-23(15-17)26(2,24)25)22-12-7-11-19(16-22)9-5-3-4-6-10-19/h17H,3-16H2,1-2H3,(H,20,21). The van der Waals surface area contributed by atoms with Crippen LogP contribution in [0.2, 0.25) is 0 Å². The fraction of sp³-hybridized carbons (Fsp3) is 0.947. The second-order valence-corrected chi connectivity index (χ2v) is 10.6. The third-order valence-corrected chi connectivity index (χ3v) is 7.87. The van der Waals surface area contributed by atoms with Crippen molar-refractivity contribution < 1.29 is 8.42 Å². The summed E-state index contributed by atoms with van der Waals surface area (Å²) in [5.74, 6) is 1.38. The Kier molecular flexibility index (Phi) is 6.49. The van der Waals surface area contributed by atoms with Crippen LogP contribution in [0.5, 0.6) is 0 Å². The molecule has 0 aromatic carbocycles. The Labute approximate surface area is 159 Å². The Hall–Kier alpha value is -0.820. The molecule has 0 aromatic heterocycles. The zero-order valence-corrected chi connectivity index (χ0v) is 17.4. The second kappa shape index (κ2) is 8.46. The molecule has 0 amide bonds. The molecule has 7 heteroatoms. The average molecular weight is 385 g/mol. The van der Waals surface area contributed by atoms with Gasteiger partial charge in [0.1, 0.15) is 0 Å². The van der Waals surface area contributed by atoms with Gasteiger partial charge < -0.3 is 10.2 Å². The smallest absolute Gasteiger partial charge is 0.211 e. The number of likely N-dealkylation sites (tertiary alicyclic amines) is 1. The topological polar surface area (TPSA) is 65.0 Å². The third kappa shape index (κ3) is 4.91. The molecule has 3 aliphatic rings. The number of nitrogens with one attached hydrogen (secondary N) is 1. The lowest BCUT2D eigenvalue weighted by atomic mass is 9.74. The van der Waals surface area contributed by atoms with Crippen LogP contribution < -0.4 is 5.32 Å². The van der Waals surface area contributed by atoms with Gasteiger partial charge in [-0.25, -0.2) is 12.7 Å². The summed E-state index contributed by atoms with van der Waals surface area (Å²) in [4.78, 5) is 7.00. The number of sulfonamides is 1. The molecule has 0 aromatic rings. The minimum absolute atomic E-state index is 0.373. The Bertz CT molecular complexity index is 597. The number of hydrogen-bond donors (Lipinski definition) is 1. The van der Waals surface area contributed by atoms with Gasteiger partial charge in [0, 0.05) is 39.8 Å². The molecule has 1 saturated carbocycles. The van der Waals surface area contributed by atoms with Crippen molar-refractivity contribution in [1.29, 1.82) is 0 Å². The molecule has 1 spiro atoms. The molecule has 150 valence electrons. The zero-order chi connectivity index (χ0) is 18.6. The quantitative estimate of drug-likeness (QED) is 0.599. The van der Waals surface area contributed by atoms with E-state index in [1.54, 1.807) is 4.31 Å². The van der Waals surface area contributed by atoms with Gasteiger partial charge in [-0.15, -0.1) is 0 Å². The molecular weight excluding hydrogens is 348 g/mol. The lowest BCUT2D eigenvalue weighted by molar-refractivity contribution is 0.115. The van der Waals surface area contributed by atoms with Crippen LogP contribution in [0.4, 0.5) is 0 Å². The van der Waals surface area contributed by atoms with E-state index in [-0.39, 0.29) is 0 Å². The molecule has 1 N–H and O–H groups in total. The molecule has 1 unspecified atom stereocenters. The molecule has 1 aliphatic carbocycles. The van der Waals surface area contributed by atoms with E-state index in [2.05, 4.69) is 15.2 Å². The molecule has 3 rings (SSSR count). The van der Waals surface area contributed by atoms with Gasteiger partial charge in [-0.3, -0.25) is 4.99 Å². The van der Waals surface area contributed by atoms with Crippen LogP contribution in [-0.4, -0.2) is 69.6 Å². The van der Waals surface area contributed by atoms with Crippen molar-refractivity contribution in [2.75, 3.05) is 46.0 Å². The maximum atomic E-state index is 11.7. The largest absolute Gasteiger partial charge is 0.356 e. The Balaban J connectivity index is 1.54. The van der Waals surface area contributed by atoms with Crippen molar-refractivity contribution in [2.24, 2.45) is 16.3 Å². The summed E-state index contributed by atoms with van der Waals surface area (Å²) in [5.41, 5.74) is 0.493. The summed E-state index contributed by atoms with van der Waals surface area (Å²) in [6.07, 6.45) is 13.1. The van der Waals surface area contributed by atoms with Gasteiger partial charge in [0.15, 0.2) is 5.96 Å². The summed E-state index contributed by atoms with van der Waals surface area (Å²) >= 11 is 0. The molecule has 3 fully saturated rings. The molecule has 26 heavy (non-hydrogen) atoms. The minimum atomic E-state index is -3.06. The van der Waals surface area contributed by atoms with Crippen molar-refractivity contribution in [3.05, 3.63) is 0 Å². The van der Waals surface area contributed by atoms with E-state index in [1.165, 1.54) is 57.6 Å². The van der Waals surface area contributed by atoms with Gasteiger partial charge in [0.2, 0.25) is 10.0 Å². The third-order valence-electron chi connectivity index (χ3n) is 6.60. The van der Waals surface area contributed by atoms with Crippen molar-refractivity contribution in [1.82, 2.24) is 14.5 Å². The fourth-order valence-electron chi connectivity index (χ4n) is 5.11. The van der Waals surface area contributed by atoms with Crippen molar-refractivity contribution in [3.63, 3.8) is 0 Å². The zero-order valence-electron chi connectivity index (χ0n) is 16.5. The Morgan fingerprint density at radius 2 is 1.81 bits per heavy atom. The van der Waals surface area contributed by atoms with Gasteiger partial charge in [-0.2, -0.15) is 0 Å². The first kappa shape index (κ1) is 19.9. The molecule has 1 atom stereocenters. The highest BCUT2D eigenvalue weighted by molar-refractivity contribution is 7.88. The number of rotatable bonds is 3. The highest BCUT2D eigenvalue weighted by Gasteiger charge is 2.37. The predicted octanol–water partition coefficient (Wildman–Crippen LogP) is 2.28. The number of aliphatic imine (C=N–C) groups is 1. The van der Waals surface area contributed by atoms with E-state index in [4.69, 9.17) is 0 Å². The molecule has 0 bridgehead atoms. The maximum absolute atomic E-state index is 11.7. The van der Waals surface area contributed by atoms with Gasteiger partial charge in [0.25, 0.3) is 0 Å². The van der Waals surface area contributed by atoms with E-state index in [1.807, 2.05) is 7.05 Å². The summed E-state index contributed by atoms with van der Waals surface area (Å²) in [7, 11) is -1.19. The number of piperidine rings is 1. The first-order valence-corrected chi connectivity index (χ1v) is 12.2. The lowest BCUT2D eigenvalue weighted by Crippen LogP contribution is -2.51. The molecule has 2 saturated heterocycles. The van der Waals surface area contributed by atoms with Crippen LogP contribution in [0.3, 0.4) is 0 Å². The van der Waals surface area contributed by atoms with Gasteiger partial charge >= 0.3 is 0 Å². The van der Waals surface area contributed by atoms with E-state index >= 15 is 0 Å². The molecule has 6 nitrogen and oxygen atoms in total. The molecule has 2 aliphatic heterocycles. The van der Waals surface area contributed by atoms with Crippen LogP contribution in [0, 0.1) is 11.3 Å². The van der Waals surface area contributed by atoms with Crippen LogP contribution in [0.25, 0.3) is 0 Å². The Morgan fingerprint density at radius 1 is 1.12 bits per heavy atom. The van der Waals surface area contributed by atoms with E-state index in [0.29, 0.717) is 24.4 Å². The minimum Gasteiger partial charge on any atom is -0.356 e. The van der Waals surface area contributed by atoms with Crippen molar-refractivity contribution >= 4 is 16.0 Å². The van der Waals surface area contributed by atoms with E-state index < -0.39 is 10.0 Å². The summed E-state index contributed by atoms with van der Waals surface area (Å²) in [5, 5.41) is 3.55. The van der Waals surface area contributed by atoms with Crippen LogP contribution >= 0.6 is 0 Å². The predicted molar refractivity (Wildman–Crippen MR) is 107 cm³/mol. The first-order chi connectivity index (χ1) is 12.4. The van der Waals surface area contributed by atoms with Gasteiger partial charge in [-0.05, 0) is 43.4 Å². The number of hydrogen-bond acceptors (Lipinski definition) is 3. The monoisotopic (exact) mass is 384 g/mol. The van der Waals surface area contributed by atoms with E-state index in [9.17, 15) is 8.42 Å². The average Bonchev–Trinajstić information content (AvgIpc) is 2.98. The van der Waals surface area contributed by atoms with Gasteiger partial charge in [-0.1, -0.05) is 25.7 Å². The highest BCUT2D eigenvalue weighted by Crippen LogP contribution is 2.42. The summed E-state index contributed by atoms with van der Waals surface area (Å²) in [6, 6.07) is 0. The van der Waals surface area contributed by atoms with Crippen LogP contribution in [0.15, 0.2) is 4.99 Å².